The number of carboxylic acid groups (broad SMARTS) is 1. The summed E-state index contributed by atoms with van der Waals surface area (Å²) in [5, 5.41) is 20.2. The molecule has 0 aromatic carbocycles. The van der Waals surface area contributed by atoms with Crippen LogP contribution in [0.25, 0.3) is 0 Å². The average molecular weight is 189 g/mol. The highest BCUT2D eigenvalue weighted by atomic mass is 16.4. The van der Waals surface area contributed by atoms with Crippen molar-refractivity contribution in [3.63, 3.8) is 0 Å². The van der Waals surface area contributed by atoms with Crippen LogP contribution in [0, 0.1) is 5.41 Å². The van der Waals surface area contributed by atoms with Gasteiger partial charge in [-0.05, 0) is 11.8 Å². The molecule has 0 radical (unpaired) electrons. The SMILES string of the molecule is CC(C)(C)CN[C@@H](CCO)C(=O)O. The Hall–Kier alpha value is -0.610. The molecule has 0 aliphatic heterocycles. The van der Waals surface area contributed by atoms with Crippen LogP contribution in [-0.2, 0) is 4.79 Å². The van der Waals surface area contributed by atoms with Crippen LogP contribution in [0.5, 0.6) is 0 Å². The van der Waals surface area contributed by atoms with Gasteiger partial charge in [-0.2, -0.15) is 0 Å². The van der Waals surface area contributed by atoms with E-state index in [9.17, 15) is 4.79 Å². The monoisotopic (exact) mass is 189 g/mol. The summed E-state index contributed by atoms with van der Waals surface area (Å²) in [7, 11) is 0. The van der Waals surface area contributed by atoms with Crippen molar-refractivity contribution in [1.82, 2.24) is 5.32 Å². The number of aliphatic hydroxyl groups excluding tert-OH is 1. The Kier molecular flexibility index (Phi) is 4.95. The summed E-state index contributed by atoms with van der Waals surface area (Å²) in [5.41, 5.74) is 0.0587. The van der Waals surface area contributed by atoms with Crippen molar-refractivity contribution in [2.45, 2.75) is 33.2 Å². The maximum atomic E-state index is 10.6. The van der Waals surface area contributed by atoms with Crippen molar-refractivity contribution in [2.24, 2.45) is 5.41 Å². The van der Waals surface area contributed by atoms with Crippen LogP contribution in [0.1, 0.15) is 27.2 Å². The highest BCUT2D eigenvalue weighted by Crippen LogP contribution is 2.11. The van der Waals surface area contributed by atoms with Crippen molar-refractivity contribution in [3.8, 4) is 0 Å². The van der Waals surface area contributed by atoms with E-state index in [1.807, 2.05) is 20.8 Å². The van der Waals surface area contributed by atoms with Gasteiger partial charge in [-0.1, -0.05) is 20.8 Å². The van der Waals surface area contributed by atoms with Crippen molar-refractivity contribution in [3.05, 3.63) is 0 Å². The fourth-order valence-corrected chi connectivity index (χ4v) is 0.871. The minimum Gasteiger partial charge on any atom is -0.480 e. The Morgan fingerprint density at radius 3 is 2.31 bits per heavy atom. The first-order valence-electron chi connectivity index (χ1n) is 4.44. The van der Waals surface area contributed by atoms with Crippen LogP contribution in [0.2, 0.25) is 0 Å². The summed E-state index contributed by atoms with van der Waals surface area (Å²) in [5.74, 6) is -0.904. The fraction of sp³-hybridized carbons (Fsp3) is 0.889. The first-order chi connectivity index (χ1) is 5.87. The highest BCUT2D eigenvalue weighted by molar-refractivity contribution is 5.73. The minimum atomic E-state index is -0.904. The van der Waals surface area contributed by atoms with Gasteiger partial charge in [0.1, 0.15) is 6.04 Å². The standard InChI is InChI=1S/C9H19NO3/c1-9(2,3)6-10-7(4-5-11)8(12)13/h7,10-11H,4-6H2,1-3H3,(H,12,13)/t7-/m0/s1. The lowest BCUT2D eigenvalue weighted by atomic mass is 9.96. The fourth-order valence-electron chi connectivity index (χ4n) is 0.871. The number of aliphatic carboxylic acids is 1. The van der Waals surface area contributed by atoms with Crippen LogP contribution in [0.4, 0.5) is 0 Å². The summed E-state index contributed by atoms with van der Waals surface area (Å²) in [6, 6.07) is -0.635. The number of carbonyl (C=O) groups is 1. The molecule has 0 fully saturated rings. The van der Waals surface area contributed by atoms with Crippen molar-refractivity contribution < 1.29 is 15.0 Å². The molecule has 0 unspecified atom stereocenters. The largest absolute Gasteiger partial charge is 0.480 e. The molecule has 0 saturated heterocycles. The Morgan fingerprint density at radius 1 is 1.46 bits per heavy atom. The van der Waals surface area contributed by atoms with Crippen LogP contribution in [-0.4, -0.2) is 35.4 Å². The van der Waals surface area contributed by atoms with Crippen molar-refractivity contribution >= 4 is 5.97 Å². The number of hydrogen-bond donors (Lipinski definition) is 3. The number of carboxylic acids is 1. The second-order valence-electron chi connectivity index (χ2n) is 4.34. The molecule has 78 valence electrons. The van der Waals surface area contributed by atoms with Gasteiger partial charge < -0.3 is 15.5 Å². The molecule has 0 heterocycles. The molecule has 1 atom stereocenters. The smallest absolute Gasteiger partial charge is 0.320 e. The maximum Gasteiger partial charge on any atom is 0.320 e. The molecule has 4 heteroatoms. The molecule has 0 bridgehead atoms. The summed E-state index contributed by atoms with van der Waals surface area (Å²) in [6.07, 6.45) is 0.255. The molecule has 0 aliphatic carbocycles. The summed E-state index contributed by atoms with van der Waals surface area (Å²) in [4.78, 5) is 10.6. The predicted molar refractivity (Wildman–Crippen MR) is 50.6 cm³/mol. The molecular weight excluding hydrogens is 170 g/mol. The van der Waals surface area contributed by atoms with E-state index in [1.165, 1.54) is 0 Å². The first-order valence-corrected chi connectivity index (χ1v) is 4.44. The van der Waals surface area contributed by atoms with Gasteiger partial charge in [0.15, 0.2) is 0 Å². The summed E-state index contributed by atoms with van der Waals surface area (Å²) < 4.78 is 0. The molecule has 0 aromatic rings. The zero-order valence-electron chi connectivity index (χ0n) is 8.50. The maximum absolute atomic E-state index is 10.6. The molecule has 0 saturated carbocycles. The second-order valence-corrected chi connectivity index (χ2v) is 4.34. The Morgan fingerprint density at radius 2 is 2.00 bits per heavy atom. The third-order valence-electron chi connectivity index (χ3n) is 1.59. The lowest BCUT2D eigenvalue weighted by molar-refractivity contribution is -0.140. The van der Waals surface area contributed by atoms with Gasteiger partial charge in [0, 0.05) is 13.2 Å². The molecule has 0 aliphatic rings. The van der Waals surface area contributed by atoms with Crippen molar-refractivity contribution in [2.75, 3.05) is 13.2 Å². The van der Waals surface area contributed by atoms with Gasteiger partial charge >= 0.3 is 5.97 Å². The molecule has 3 N–H and O–H groups in total. The van der Waals surface area contributed by atoms with E-state index >= 15 is 0 Å². The minimum absolute atomic E-state index is 0.0587. The van der Waals surface area contributed by atoms with Crippen LogP contribution >= 0.6 is 0 Å². The summed E-state index contributed by atoms with van der Waals surface area (Å²) in [6.45, 7) is 6.60. The third kappa shape index (κ3) is 6.54. The third-order valence-corrected chi connectivity index (χ3v) is 1.59. The van der Waals surface area contributed by atoms with Crippen LogP contribution in [0.15, 0.2) is 0 Å². The Labute approximate surface area is 79.0 Å². The average Bonchev–Trinajstić information content (AvgIpc) is 1.95. The van der Waals surface area contributed by atoms with Crippen LogP contribution < -0.4 is 5.32 Å². The van der Waals surface area contributed by atoms with E-state index in [2.05, 4.69) is 5.32 Å². The molecule has 0 aromatic heterocycles. The molecule has 0 spiro atoms. The van der Waals surface area contributed by atoms with Gasteiger partial charge in [-0.25, -0.2) is 0 Å². The summed E-state index contributed by atoms with van der Waals surface area (Å²) >= 11 is 0. The lowest BCUT2D eigenvalue weighted by Gasteiger charge is -2.22. The van der Waals surface area contributed by atoms with Gasteiger partial charge in [-0.15, -0.1) is 0 Å². The molecule has 4 nitrogen and oxygen atoms in total. The second kappa shape index (κ2) is 5.19. The zero-order valence-corrected chi connectivity index (χ0v) is 8.50. The van der Waals surface area contributed by atoms with Crippen LogP contribution in [0.3, 0.4) is 0 Å². The Bertz CT molecular complexity index is 163. The van der Waals surface area contributed by atoms with Gasteiger partial charge in [0.05, 0.1) is 0 Å². The highest BCUT2D eigenvalue weighted by Gasteiger charge is 2.19. The first kappa shape index (κ1) is 12.4. The van der Waals surface area contributed by atoms with E-state index < -0.39 is 12.0 Å². The van der Waals surface area contributed by atoms with Gasteiger partial charge in [0.25, 0.3) is 0 Å². The van der Waals surface area contributed by atoms with Gasteiger partial charge in [0.2, 0.25) is 0 Å². The molecule has 0 amide bonds. The van der Waals surface area contributed by atoms with E-state index in [0.29, 0.717) is 6.54 Å². The quantitative estimate of drug-likeness (QED) is 0.587. The van der Waals surface area contributed by atoms with Crippen molar-refractivity contribution in [1.29, 1.82) is 0 Å². The Balaban J connectivity index is 3.90. The zero-order chi connectivity index (χ0) is 10.5. The number of nitrogens with one attached hydrogen (secondary N) is 1. The van der Waals surface area contributed by atoms with E-state index in [1.54, 1.807) is 0 Å². The normalized spacial score (nSPS) is 14.2. The number of rotatable bonds is 5. The topological polar surface area (TPSA) is 69.6 Å². The lowest BCUT2D eigenvalue weighted by Crippen LogP contribution is -2.41. The number of aliphatic hydroxyl groups is 1. The molecule has 13 heavy (non-hydrogen) atoms. The van der Waals surface area contributed by atoms with Gasteiger partial charge in [-0.3, -0.25) is 4.79 Å². The molecule has 0 rings (SSSR count). The molecular formula is C9H19NO3. The van der Waals surface area contributed by atoms with E-state index in [-0.39, 0.29) is 18.4 Å². The predicted octanol–water partition coefficient (Wildman–Crippen LogP) is 0.458. The van der Waals surface area contributed by atoms with E-state index in [4.69, 9.17) is 10.2 Å². The van der Waals surface area contributed by atoms with E-state index in [0.717, 1.165) is 0 Å². The number of hydrogen-bond acceptors (Lipinski definition) is 3.